The Bertz CT molecular complexity index is 1090. The van der Waals surface area contributed by atoms with Gasteiger partial charge in [0, 0.05) is 36.3 Å². The van der Waals surface area contributed by atoms with Crippen LogP contribution >= 0.6 is 0 Å². The Morgan fingerprint density at radius 3 is 2.39 bits per heavy atom. The van der Waals surface area contributed by atoms with Crippen LogP contribution in [0.25, 0.3) is 28.6 Å². The number of aliphatic hydroxyl groups is 2. The molecule has 0 amide bonds. The molecule has 33 heavy (non-hydrogen) atoms. The van der Waals surface area contributed by atoms with Crippen LogP contribution in [0.15, 0.2) is 60.9 Å². The maximum absolute atomic E-state index is 13.6. The normalized spacial score (nSPS) is 13.4. The summed E-state index contributed by atoms with van der Waals surface area (Å²) in [4.78, 5) is 15.5. The standard InChI is InChI=1S/C26H29FN2O4/c1-17(2)24-16-23(18-8-11-28-12-9-18)26(19-4-6-20(27)7-5-19)29(24)13-10-21(30)14-22(31)15-25(32)33-3/h4-13,16-17,21-22,30-31H,14-15H2,1-3H3/b13-10+. The molecule has 1 aromatic carbocycles. The molecule has 174 valence electrons. The predicted molar refractivity (Wildman–Crippen MR) is 126 cm³/mol. The van der Waals surface area contributed by atoms with Crippen molar-refractivity contribution in [3.05, 3.63) is 72.4 Å². The van der Waals surface area contributed by atoms with Crippen LogP contribution in [0, 0.1) is 5.82 Å². The van der Waals surface area contributed by atoms with Gasteiger partial charge in [0.05, 0.1) is 31.4 Å². The van der Waals surface area contributed by atoms with E-state index in [4.69, 9.17) is 0 Å². The van der Waals surface area contributed by atoms with Crippen LogP contribution in [0.5, 0.6) is 0 Å². The number of nitrogens with zero attached hydrogens (tertiary/aromatic N) is 2. The van der Waals surface area contributed by atoms with E-state index in [1.165, 1.54) is 19.2 Å². The van der Waals surface area contributed by atoms with Crippen molar-refractivity contribution in [2.75, 3.05) is 7.11 Å². The van der Waals surface area contributed by atoms with Gasteiger partial charge < -0.3 is 19.5 Å². The summed E-state index contributed by atoms with van der Waals surface area (Å²) >= 11 is 0. The van der Waals surface area contributed by atoms with Crippen molar-refractivity contribution >= 4 is 12.2 Å². The molecule has 0 bridgehead atoms. The van der Waals surface area contributed by atoms with Gasteiger partial charge in [-0.15, -0.1) is 0 Å². The zero-order valence-electron chi connectivity index (χ0n) is 19.0. The van der Waals surface area contributed by atoms with Gasteiger partial charge in [0.2, 0.25) is 0 Å². The second kappa shape index (κ2) is 11.0. The summed E-state index contributed by atoms with van der Waals surface area (Å²) in [6, 6.07) is 12.2. The number of benzene rings is 1. The van der Waals surface area contributed by atoms with E-state index in [0.717, 1.165) is 28.1 Å². The van der Waals surface area contributed by atoms with Crippen LogP contribution in [-0.2, 0) is 9.53 Å². The van der Waals surface area contributed by atoms with Crippen LogP contribution in [0.1, 0.15) is 38.3 Å². The van der Waals surface area contributed by atoms with Crippen molar-refractivity contribution in [1.29, 1.82) is 0 Å². The summed E-state index contributed by atoms with van der Waals surface area (Å²) in [5, 5.41) is 20.5. The van der Waals surface area contributed by atoms with Gasteiger partial charge in [-0.3, -0.25) is 9.78 Å². The zero-order valence-corrected chi connectivity index (χ0v) is 19.0. The van der Waals surface area contributed by atoms with Crippen LogP contribution in [0.2, 0.25) is 0 Å². The molecular weight excluding hydrogens is 423 g/mol. The second-order valence-electron chi connectivity index (χ2n) is 8.18. The highest BCUT2D eigenvalue weighted by Gasteiger charge is 2.20. The maximum atomic E-state index is 13.6. The molecule has 0 radical (unpaired) electrons. The predicted octanol–water partition coefficient (Wildman–Crippen LogP) is 4.63. The van der Waals surface area contributed by atoms with Gasteiger partial charge in [0.25, 0.3) is 0 Å². The third-order valence-electron chi connectivity index (χ3n) is 5.37. The minimum atomic E-state index is -1.02. The maximum Gasteiger partial charge on any atom is 0.308 e. The number of aromatic nitrogens is 2. The molecule has 2 aromatic heterocycles. The first-order valence-electron chi connectivity index (χ1n) is 10.8. The molecule has 0 saturated carbocycles. The van der Waals surface area contributed by atoms with Crippen molar-refractivity contribution in [3.8, 4) is 22.4 Å². The lowest BCUT2D eigenvalue weighted by molar-refractivity contribution is -0.143. The largest absolute Gasteiger partial charge is 0.469 e. The Kier molecular flexibility index (Phi) is 8.14. The first-order valence-corrected chi connectivity index (χ1v) is 10.8. The second-order valence-corrected chi connectivity index (χ2v) is 8.18. The van der Waals surface area contributed by atoms with Crippen molar-refractivity contribution < 1.29 is 24.1 Å². The van der Waals surface area contributed by atoms with Crippen LogP contribution in [0.4, 0.5) is 4.39 Å². The van der Waals surface area contributed by atoms with E-state index in [2.05, 4.69) is 29.6 Å². The summed E-state index contributed by atoms with van der Waals surface area (Å²) in [7, 11) is 1.25. The number of rotatable bonds is 9. The van der Waals surface area contributed by atoms with Gasteiger partial charge in [0.1, 0.15) is 5.82 Å². The summed E-state index contributed by atoms with van der Waals surface area (Å²) in [5.74, 6) is -0.699. The monoisotopic (exact) mass is 452 g/mol. The first-order chi connectivity index (χ1) is 15.8. The molecule has 0 fully saturated rings. The molecule has 3 rings (SSSR count). The average Bonchev–Trinajstić information content (AvgIpc) is 3.18. The minimum Gasteiger partial charge on any atom is -0.469 e. The zero-order chi connectivity index (χ0) is 24.0. The Hall–Kier alpha value is -3.29. The fourth-order valence-corrected chi connectivity index (χ4v) is 3.71. The Labute approximate surface area is 193 Å². The molecule has 6 nitrogen and oxygen atoms in total. The molecule has 2 atom stereocenters. The van der Waals surface area contributed by atoms with Gasteiger partial charge in [-0.05, 0) is 65.6 Å². The highest BCUT2D eigenvalue weighted by atomic mass is 19.1. The molecule has 7 heteroatoms. The van der Waals surface area contributed by atoms with Crippen molar-refractivity contribution in [1.82, 2.24) is 9.55 Å². The van der Waals surface area contributed by atoms with Gasteiger partial charge in [0.15, 0.2) is 0 Å². The number of pyridine rings is 1. The van der Waals surface area contributed by atoms with Crippen LogP contribution in [0.3, 0.4) is 0 Å². The molecule has 2 heterocycles. The summed E-state index contributed by atoms with van der Waals surface area (Å²) < 4.78 is 20.2. The van der Waals surface area contributed by atoms with E-state index in [0.29, 0.717) is 0 Å². The van der Waals surface area contributed by atoms with Gasteiger partial charge >= 0.3 is 5.97 Å². The number of hydrogen-bond acceptors (Lipinski definition) is 5. The van der Waals surface area contributed by atoms with Gasteiger partial charge in [-0.25, -0.2) is 4.39 Å². The summed E-state index contributed by atoms with van der Waals surface area (Å²) in [6.45, 7) is 4.14. The quantitative estimate of drug-likeness (QED) is 0.463. The fourth-order valence-electron chi connectivity index (χ4n) is 3.71. The molecule has 2 N–H and O–H groups in total. The van der Waals surface area contributed by atoms with E-state index in [9.17, 15) is 19.4 Å². The number of aliphatic hydroxyl groups excluding tert-OH is 2. The third-order valence-corrected chi connectivity index (χ3v) is 5.37. The van der Waals surface area contributed by atoms with Crippen LogP contribution < -0.4 is 0 Å². The molecule has 0 aliphatic carbocycles. The number of esters is 1. The molecule has 0 saturated heterocycles. The number of carbonyl (C=O) groups is 1. The molecule has 2 unspecified atom stereocenters. The Morgan fingerprint density at radius 1 is 1.12 bits per heavy atom. The molecule has 0 aliphatic heterocycles. The van der Waals surface area contributed by atoms with E-state index in [1.54, 1.807) is 36.8 Å². The van der Waals surface area contributed by atoms with E-state index in [-0.39, 0.29) is 24.6 Å². The van der Waals surface area contributed by atoms with E-state index in [1.807, 2.05) is 16.7 Å². The highest BCUT2D eigenvalue weighted by Crippen LogP contribution is 2.38. The molecule has 3 aromatic rings. The fraction of sp³-hybridized carbons (Fsp3) is 0.308. The molecule has 0 aliphatic rings. The van der Waals surface area contributed by atoms with E-state index >= 15 is 0 Å². The number of ether oxygens (including phenoxy) is 1. The molecule has 0 spiro atoms. The smallest absolute Gasteiger partial charge is 0.308 e. The topological polar surface area (TPSA) is 84.6 Å². The summed E-state index contributed by atoms with van der Waals surface area (Å²) in [6.07, 6.45) is 4.59. The number of halogens is 1. The summed E-state index contributed by atoms with van der Waals surface area (Å²) in [5.41, 5.74) is 4.59. The average molecular weight is 453 g/mol. The third kappa shape index (κ3) is 6.15. The van der Waals surface area contributed by atoms with Gasteiger partial charge in [-0.2, -0.15) is 0 Å². The number of carbonyl (C=O) groups excluding carboxylic acids is 1. The Balaban J connectivity index is 2.04. The highest BCUT2D eigenvalue weighted by molar-refractivity contribution is 5.84. The lowest BCUT2D eigenvalue weighted by atomic mass is 10.0. The van der Waals surface area contributed by atoms with Gasteiger partial charge in [-0.1, -0.05) is 13.8 Å². The SMILES string of the molecule is COC(=O)CC(O)CC(O)/C=C/n1c(C(C)C)cc(-c2ccncc2)c1-c1ccc(F)cc1. The number of methoxy groups -OCH3 is 1. The Morgan fingerprint density at radius 2 is 1.79 bits per heavy atom. The van der Waals surface area contributed by atoms with Crippen molar-refractivity contribution in [2.45, 2.75) is 44.8 Å². The number of hydrogen-bond donors (Lipinski definition) is 2. The van der Waals surface area contributed by atoms with Crippen LogP contribution in [-0.4, -0.2) is 45.1 Å². The lowest BCUT2D eigenvalue weighted by Crippen LogP contribution is -2.20. The van der Waals surface area contributed by atoms with Crippen molar-refractivity contribution in [2.24, 2.45) is 0 Å². The van der Waals surface area contributed by atoms with Crippen molar-refractivity contribution in [3.63, 3.8) is 0 Å². The first kappa shape index (κ1) is 24.4. The lowest BCUT2D eigenvalue weighted by Gasteiger charge is -2.15. The van der Waals surface area contributed by atoms with E-state index < -0.39 is 18.2 Å². The minimum absolute atomic E-state index is 0.00697. The molecular formula is C26H29FN2O4.